The summed E-state index contributed by atoms with van der Waals surface area (Å²) in [5, 5.41) is 10.3. The maximum Gasteiger partial charge on any atom is 0.243 e. The smallest absolute Gasteiger partial charge is 0.243 e. The van der Waals surface area contributed by atoms with Crippen molar-refractivity contribution in [3.8, 4) is 11.1 Å². The first kappa shape index (κ1) is 23.4. The molecule has 8 nitrogen and oxygen atoms in total. The Labute approximate surface area is 211 Å². The molecule has 2 saturated heterocycles. The molecular weight excluding hydrogens is 474 g/mol. The van der Waals surface area contributed by atoms with Crippen LogP contribution < -0.4 is 0 Å². The Bertz CT molecular complexity index is 1460. The van der Waals surface area contributed by atoms with Crippen LogP contribution >= 0.6 is 0 Å². The fraction of sp³-hybridized carbons (Fsp3) is 0.407. The zero-order chi connectivity index (χ0) is 24.7. The minimum atomic E-state index is -3.50. The standard InChI is InChI=1S/C27H31N5O3S/c1-20-13-21(18-32(20)36(33,34)25-7-3-2-4-8-25)17-30-26-11-10-22(14-23(26)15-28-30)24-16-29-31(19-24)27-9-5-6-12-35-27/h2-4,7-8,10-11,14-16,19-21,27H,5-6,9,12-13,17-18H2,1H3/t20-,21+,27?/m1/s1. The molecule has 3 atom stereocenters. The number of rotatable bonds is 6. The van der Waals surface area contributed by atoms with Gasteiger partial charge in [-0.3, -0.25) is 4.68 Å². The van der Waals surface area contributed by atoms with Crippen molar-refractivity contribution in [2.24, 2.45) is 5.92 Å². The van der Waals surface area contributed by atoms with Crippen molar-refractivity contribution in [2.45, 2.75) is 56.3 Å². The first-order valence-corrected chi connectivity index (χ1v) is 14.1. The molecule has 0 radical (unpaired) electrons. The van der Waals surface area contributed by atoms with Gasteiger partial charge >= 0.3 is 0 Å². The Balaban J connectivity index is 1.18. The van der Waals surface area contributed by atoms with E-state index in [0.717, 1.165) is 47.9 Å². The minimum absolute atomic E-state index is 0.0260. The molecule has 1 unspecified atom stereocenters. The molecule has 0 bridgehead atoms. The fourth-order valence-corrected chi connectivity index (χ4v) is 7.28. The van der Waals surface area contributed by atoms with Gasteiger partial charge in [0.2, 0.25) is 10.0 Å². The predicted molar refractivity (Wildman–Crippen MR) is 138 cm³/mol. The van der Waals surface area contributed by atoms with Crippen molar-refractivity contribution in [1.29, 1.82) is 0 Å². The Morgan fingerprint density at radius 3 is 2.69 bits per heavy atom. The van der Waals surface area contributed by atoms with Gasteiger partial charge in [-0.2, -0.15) is 14.5 Å². The molecule has 0 spiro atoms. The number of benzene rings is 2. The number of hydrogen-bond acceptors (Lipinski definition) is 5. The summed E-state index contributed by atoms with van der Waals surface area (Å²) >= 11 is 0. The second kappa shape index (κ2) is 9.46. The van der Waals surface area contributed by atoms with Crippen LogP contribution in [0.3, 0.4) is 0 Å². The lowest BCUT2D eigenvalue weighted by molar-refractivity contribution is -0.0394. The molecule has 2 aliphatic heterocycles. The van der Waals surface area contributed by atoms with E-state index >= 15 is 0 Å². The highest BCUT2D eigenvalue weighted by molar-refractivity contribution is 7.89. The third kappa shape index (κ3) is 4.36. The average molecular weight is 506 g/mol. The Hall–Kier alpha value is -3.01. The van der Waals surface area contributed by atoms with E-state index in [9.17, 15) is 8.42 Å². The highest BCUT2D eigenvalue weighted by Gasteiger charge is 2.38. The first-order valence-electron chi connectivity index (χ1n) is 12.7. The van der Waals surface area contributed by atoms with Crippen LogP contribution in [0.2, 0.25) is 0 Å². The van der Waals surface area contributed by atoms with Gasteiger partial charge in [0.15, 0.2) is 0 Å². The number of nitrogens with zero attached hydrogens (tertiary/aromatic N) is 5. The van der Waals surface area contributed by atoms with E-state index < -0.39 is 10.0 Å². The number of ether oxygens (including phenoxy) is 1. The zero-order valence-corrected chi connectivity index (χ0v) is 21.2. The summed E-state index contributed by atoms with van der Waals surface area (Å²) < 4.78 is 37.8. The summed E-state index contributed by atoms with van der Waals surface area (Å²) in [5.41, 5.74) is 3.21. The third-order valence-corrected chi connectivity index (χ3v) is 9.41. The molecule has 2 aromatic heterocycles. The highest BCUT2D eigenvalue weighted by Crippen LogP contribution is 2.32. The molecular formula is C27H31N5O3S. The Kier molecular flexibility index (Phi) is 6.15. The maximum absolute atomic E-state index is 13.2. The van der Waals surface area contributed by atoms with Gasteiger partial charge in [-0.1, -0.05) is 24.3 Å². The van der Waals surface area contributed by atoms with Crippen molar-refractivity contribution in [3.63, 3.8) is 0 Å². The van der Waals surface area contributed by atoms with Gasteiger partial charge in [0.25, 0.3) is 0 Å². The summed E-state index contributed by atoms with van der Waals surface area (Å²) in [7, 11) is -3.50. The van der Waals surface area contributed by atoms with Crippen LogP contribution in [0.1, 0.15) is 38.8 Å². The third-order valence-electron chi connectivity index (χ3n) is 7.41. The molecule has 6 rings (SSSR count). The summed E-state index contributed by atoms with van der Waals surface area (Å²) in [6.07, 6.45) is 9.97. The Morgan fingerprint density at radius 2 is 1.89 bits per heavy atom. The van der Waals surface area contributed by atoms with Gasteiger partial charge in [0.05, 0.1) is 22.8 Å². The zero-order valence-electron chi connectivity index (χ0n) is 20.4. The molecule has 0 saturated carbocycles. The van der Waals surface area contributed by atoms with Gasteiger partial charge < -0.3 is 4.74 Å². The largest absolute Gasteiger partial charge is 0.357 e. The lowest BCUT2D eigenvalue weighted by Gasteiger charge is -2.22. The van der Waals surface area contributed by atoms with Gasteiger partial charge in [0, 0.05) is 42.9 Å². The summed E-state index contributed by atoms with van der Waals surface area (Å²) in [4.78, 5) is 0.355. The van der Waals surface area contributed by atoms with Crippen molar-refractivity contribution in [2.75, 3.05) is 13.2 Å². The van der Waals surface area contributed by atoms with E-state index in [-0.39, 0.29) is 18.2 Å². The molecule has 0 N–H and O–H groups in total. The number of hydrogen-bond donors (Lipinski definition) is 0. The van der Waals surface area contributed by atoms with Crippen LogP contribution in [0.15, 0.2) is 72.0 Å². The molecule has 2 fully saturated rings. The van der Waals surface area contributed by atoms with E-state index in [1.807, 2.05) is 34.7 Å². The van der Waals surface area contributed by atoms with E-state index in [2.05, 4.69) is 34.6 Å². The van der Waals surface area contributed by atoms with Crippen molar-refractivity contribution in [1.82, 2.24) is 23.9 Å². The van der Waals surface area contributed by atoms with Gasteiger partial charge in [-0.25, -0.2) is 13.1 Å². The molecule has 9 heteroatoms. The molecule has 188 valence electrons. The SMILES string of the molecule is C[C@@H]1C[C@@H](Cn2ncc3cc(-c4cnn(C5CCCCO5)c4)ccc32)CN1S(=O)(=O)c1ccccc1. The quantitative estimate of drug-likeness (QED) is 0.379. The van der Waals surface area contributed by atoms with Crippen molar-refractivity contribution < 1.29 is 13.2 Å². The van der Waals surface area contributed by atoms with E-state index in [0.29, 0.717) is 18.0 Å². The van der Waals surface area contributed by atoms with Gasteiger partial charge in [-0.05, 0) is 68.4 Å². The fourth-order valence-electron chi connectivity index (χ4n) is 5.54. The molecule has 2 aromatic carbocycles. The van der Waals surface area contributed by atoms with E-state index in [1.54, 1.807) is 28.6 Å². The van der Waals surface area contributed by atoms with Crippen LogP contribution in [0.5, 0.6) is 0 Å². The normalized spacial score (nSPS) is 23.4. The second-order valence-electron chi connectivity index (χ2n) is 9.97. The maximum atomic E-state index is 13.2. The number of sulfonamides is 1. The minimum Gasteiger partial charge on any atom is -0.357 e. The molecule has 0 amide bonds. The molecule has 0 aliphatic carbocycles. The summed E-state index contributed by atoms with van der Waals surface area (Å²) in [6.45, 7) is 3.97. The van der Waals surface area contributed by atoms with Gasteiger partial charge in [-0.15, -0.1) is 0 Å². The first-order chi connectivity index (χ1) is 17.5. The number of aromatic nitrogens is 4. The van der Waals surface area contributed by atoms with Crippen LogP contribution in [0.4, 0.5) is 0 Å². The lowest BCUT2D eigenvalue weighted by atomic mass is 10.1. The van der Waals surface area contributed by atoms with Crippen LogP contribution in [-0.2, 0) is 21.3 Å². The average Bonchev–Trinajstić information content (AvgIpc) is 3.64. The van der Waals surface area contributed by atoms with E-state index in [4.69, 9.17) is 4.74 Å². The van der Waals surface area contributed by atoms with E-state index in [1.165, 1.54) is 6.42 Å². The lowest BCUT2D eigenvalue weighted by Crippen LogP contribution is -2.34. The molecule has 4 aromatic rings. The molecule has 36 heavy (non-hydrogen) atoms. The van der Waals surface area contributed by atoms with Crippen LogP contribution in [-0.4, -0.2) is 51.5 Å². The van der Waals surface area contributed by atoms with Gasteiger partial charge in [0.1, 0.15) is 6.23 Å². The topological polar surface area (TPSA) is 82.2 Å². The second-order valence-corrected chi connectivity index (χ2v) is 11.9. The highest BCUT2D eigenvalue weighted by atomic mass is 32.2. The molecule has 4 heterocycles. The van der Waals surface area contributed by atoms with Crippen molar-refractivity contribution in [3.05, 3.63) is 67.1 Å². The van der Waals surface area contributed by atoms with Crippen LogP contribution in [0, 0.1) is 5.92 Å². The molecule has 2 aliphatic rings. The Morgan fingerprint density at radius 1 is 1.03 bits per heavy atom. The predicted octanol–water partition coefficient (Wildman–Crippen LogP) is 4.70. The summed E-state index contributed by atoms with van der Waals surface area (Å²) in [5.74, 6) is 0.204. The summed E-state index contributed by atoms with van der Waals surface area (Å²) in [6, 6.07) is 15.0. The van der Waals surface area contributed by atoms with Crippen LogP contribution in [0.25, 0.3) is 22.0 Å². The van der Waals surface area contributed by atoms with Crippen molar-refractivity contribution >= 4 is 20.9 Å². The number of fused-ring (bicyclic) bond motifs is 1. The monoisotopic (exact) mass is 505 g/mol.